The van der Waals surface area contributed by atoms with E-state index in [1.807, 2.05) is 24.3 Å². The van der Waals surface area contributed by atoms with E-state index in [2.05, 4.69) is 26.0 Å². The van der Waals surface area contributed by atoms with E-state index >= 15 is 0 Å². The molecule has 0 saturated heterocycles. The molecule has 3 fully saturated rings. The highest BCUT2D eigenvalue weighted by atomic mass is 35.5. The van der Waals surface area contributed by atoms with Crippen LogP contribution in [0.25, 0.3) is 0 Å². The Hall–Kier alpha value is -1.52. The van der Waals surface area contributed by atoms with E-state index < -0.39 is 20.4 Å². The van der Waals surface area contributed by atoms with Crippen molar-refractivity contribution in [3.63, 3.8) is 0 Å². The predicted molar refractivity (Wildman–Crippen MR) is 129 cm³/mol. The zero-order chi connectivity index (χ0) is 22.7. The second-order valence-corrected chi connectivity index (χ2v) is 13.3. The van der Waals surface area contributed by atoms with Crippen LogP contribution in [0.5, 0.6) is 0 Å². The van der Waals surface area contributed by atoms with Gasteiger partial charge in [0.25, 0.3) is 0 Å². The molecule has 0 amide bonds. The third-order valence-corrected chi connectivity index (χ3v) is 12.2. The summed E-state index contributed by atoms with van der Waals surface area (Å²) in [4.78, 5) is 25.7. The van der Waals surface area contributed by atoms with E-state index in [9.17, 15) is 13.8 Å². The lowest BCUT2D eigenvalue weighted by Crippen LogP contribution is -2.57. The molecule has 4 aliphatic rings. The summed E-state index contributed by atoms with van der Waals surface area (Å²) in [6, 6.07) is 10.1. The van der Waals surface area contributed by atoms with Crippen molar-refractivity contribution in [3.05, 3.63) is 59.7 Å². The van der Waals surface area contributed by atoms with Crippen LogP contribution in [0.4, 0.5) is 0 Å². The van der Waals surface area contributed by atoms with Gasteiger partial charge < -0.3 is 0 Å². The van der Waals surface area contributed by atoms with Crippen molar-refractivity contribution in [2.75, 3.05) is 5.75 Å². The number of carbonyl (C=O) groups excluding carboxylic acids is 2. The third-order valence-electron chi connectivity index (χ3n) is 9.06. The first-order valence-corrected chi connectivity index (χ1v) is 13.5. The minimum atomic E-state index is -1.23. The molecule has 32 heavy (non-hydrogen) atoms. The number of hydrogen-bond acceptors (Lipinski definition) is 3. The Labute approximate surface area is 198 Å². The van der Waals surface area contributed by atoms with Gasteiger partial charge in [-0.05, 0) is 61.7 Å². The summed E-state index contributed by atoms with van der Waals surface area (Å²) in [6.07, 6.45) is 9.83. The maximum absolute atomic E-state index is 13.7. The molecule has 3 nitrogen and oxygen atoms in total. The van der Waals surface area contributed by atoms with Crippen molar-refractivity contribution in [1.29, 1.82) is 0 Å². The first-order chi connectivity index (χ1) is 15.2. The number of benzene rings is 1. The number of Topliss-reactive ketones (excluding diaryl/α,β-unsaturated/α-hetero) is 1. The molecule has 1 aromatic rings. The summed E-state index contributed by atoms with van der Waals surface area (Å²) in [7, 11) is -1.23. The molecule has 0 spiro atoms. The second-order valence-electron chi connectivity index (χ2n) is 10.6. The number of fused-ring (bicyclic) bond motifs is 5. The van der Waals surface area contributed by atoms with E-state index in [4.69, 9.17) is 11.6 Å². The molecule has 1 aromatic carbocycles. The Morgan fingerprint density at radius 2 is 1.88 bits per heavy atom. The molecular weight excluding hydrogens is 440 g/mol. The molecule has 7 atom stereocenters. The third kappa shape index (κ3) is 3.16. The number of allylic oxidation sites excluding steroid dienone is 4. The first kappa shape index (κ1) is 22.3. The van der Waals surface area contributed by atoms with Gasteiger partial charge in [-0.1, -0.05) is 55.8 Å². The van der Waals surface area contributed by atoms with Gasteiger partial charge in [0.1, 0.15) is 9.99 Å². The SMILES string of the molecule is C[C@]12C=CC(=O)C=C1CCC1C2C(=O)C[C@@]2(C)C1CC[C@]2(Cl)S(=O)CCc1ccccc1. The van der Waals surface area contributed by atoms with Crippen LogP contribution in [-0.4, -0.2) is 25.7 Å². The van der Waals surface area contributed by atoms with Crippen molar-refractivity contribution < 1.29 is 13.8 Å². The fourth-order valence-corrected chi connectivity index (χ4v) is 9.74. The minimum Gasteiger partial charge on any atom is -0.299 e. The Kier molecular flexibility index (Phi) is 5.41. The summed E-state index contributed by atoms with van der Waals surface area (Å²) in [5.74, 6) is 1.18. The molecule has 4 aliphatic carbocycles. The van der Waals surface area contributed by atoms with Gasteiger partial charge in [-0.3, -0.25) is 13.8 Å². The lowest BCUT2D eigenvalue weighted by Gasteiger charge is -2.56. The molecule has 5 rings (SSSR count). The number of aryl methyl sites for hydroxylation is 1. The van der Waals surface area contributed by atoms with E-state index in [0.717, 1.165) is 31.3 Å². The number of hydrogen-bond donors (Lipinski definition) is 0. The molecular formula is C27H31ClO3S. The van der Waals surface area contributed by atoms with Gasteiger partial charge in [0.15, 0.2) is 5.78 Å². The molecule has 4 unspecified atom stereocenters. The zero-order valence-corrected chi connectivity index (χ0v) is 20.4. The van der Waals surface area contributed by atoms with Crippen LogP contribution in [-0.2, 0) is 26.8 Å². The normalized spacial score (nSPS) is 41.5. The van der Waals surface area contributed by atoms with Crippen molar-refractivity contribution in [2.45, 2.75) is 56.6 Å². The predicted octanol–water partition coefficient (Wildman–Crippen LogP) is 5.40. The number of carbonyl (C=O) groups is 2. The molecule has 0 heterocycles. The Morgan fingerprint density at radius 3 is 2.62 bits per heavy atom. The Bertz CT molecular complexity index is 1050. The molecule has 0 N–H and O–H groups in total. The van der Waals surface area contributed by atoms with Gasteiger partial charge in [-0.2, -0.15) is 0 Å². The van der Waals surface area contributed by atoms with Crippen LogP contribution in [0, 0.1) is 28.6 Å². The van der Waals surface area contributed by atoms with Crippen LogP contribution in [0.1, 0.15) is 51.5 Å². The van der Waals surface area contributed by atoms with Crippen molar-refractivity contribution in [2.24, 2.45) is 28.6 Å². The van der Waals surface area contributed by atoms with Gasteiger partial charge in [-0.15, -0.1) is 11.6 Å². The van der Waals surface area contributed by atoms with Crippen molar-refractivity contribution in [1.82, 2.24) is 0 Å². The Balaban J connectivity index is 1.42. The van der Waals surface area contributed by atoms with Crippen molar-refractivity contribution >= 4 is 34.0 Å². The summed E-state index contributed by atoms with van der Waals surface area (Å²) >= 11 is 7.27. The van der Waals surface area contributed by atoms with E-state index in [-0.39, 0.29) is 34.7 Å². The fraction of sp³-hybridized carbons (Fsp3) is 0.556. The highest BCUT2D eigenvalue weighted by Crippen LogP contribution is 2.68. The lowest BCUT2D eigenvalue weighted by atomic mass is 9.48. The fourth-order valence-electron chi connectivity index (χ4n) is 7.36. The summed E-state index contributed by atoms with van der Waals surface area (Å²) in [6.45, 7) is 4.25. The first-order valence-electron chi connectivity index (χ1n) is 11.8. The molecule has 170 valence electrons. The molecule has 0 aromatic heterocycles. The van der Waals surface area contributed by atoms with Gasteiger partial charge >= 0.3 is 0 Å². The summed E-state index contributed by atoms with van der Waals surface area (Å²) in [5, 5.41) is 0. The topological polar surface area (TPSA) is 51.2 Å². The van der Waals surface area contributed by atoms with Crippen LogP contribution in [0.2, 0.25) is 0 Å². The van der Waals surface area contributed by atoms with Gasteiger partial charge in [-0.25, -0.2) is 0 Å². The molecule has 0 aliphatic heterocycles. The minimum absolute atomic E-state index is 0.0264. The van der Waals surface area contributed by atoms with E-state index in [1.165, 1.54) is 5.56 Å². The maximum Gasteiger partial charge on any atom is 0.178 e. The average molecular weight is 471 g/mol. The average Bonchev–Trinajstić information content (AvgIpc) is 3.04. The Morgan fingerprint density at radius 1 is 1.12 bits per heavy atom. The number of rotatable bonds is 4. The van der Waals surface area contributed by atoms with Crippen LogP contribution in [0.3, 0.4) is 0 Å². The largest absolute Gasteiger partial charge is 0.299 e. The molecule has 3 saturated carbocycles. The van der Waals surface area contributed by atoms with Gasteiger partial charge in [0.05, 0.1) is 0 Å². The quantitative estimate of drug-likeness (QED) is 0.553. The summed E-state index contributed by atoms with van der Waals surface area (Å²) < 4.78 is 12.7. The smallest absolute Gasteiger partial charge is 0.178 e. The van der Waals surface area contributed by atoms with E-state index in [1.54, 1.807) is 12.2 Å². The van der Waals surface area contributed by atoms with Gasteiger partial charge in [0.2, 0.25) is 0 Å². The highest BCUT2D eigenvalue weighted by Gasteiger charge is 2.67. The van der Waals surface area contributed by atoms with Gasteiger partial charge in [0, 0.05) is 39.7 Å². The van der Waals surface area contributed by atoms with Crippen LogP contribution in [0.15, 0.2) is 54.1 Å². The molecule has 5 heteroatoms. The van der Waals surface area contributed by atoms with Crippen molar-refractivity contribution in [3.8, 4) is 0 Å². The highest BCUT2D eigenvalue weighted by molar-refractivity contribution is 7.87. The maximum atomic E-state index is 13.7. The van der Waals surface area contributed by atoms with E-state index in [0.29, 0.717) is 18.6 Å². The zero-order valence-electron chi connectivity index (χ0n) is 18.8. The second kappa shape index (κ2) is 7.77. The number of ketones is 2. The van der Waals surface area contributed by atoms with Crippen LogP contribution >= 0.6 is 11.6 Å². The van der Waals surface area contributed by atoms with Crippen LogP contribution < -0.4 is 0 Å². The lowest BCUT2D eigenvalue weighted by molar-refractivity contribution is -0.141. The summed E-state index contributed by atoms with van der Waals surface area (Å²) in [5.41, 5.74) is 1.43. The monoisotopic (exact) mass is 470 g/mol. The standard InChI is InChI=1S/C27H31ClO3S/c1-25-13-10-20(29)16-19(25)8-9-21-22-11-14-27(28,26(22,2)17-23(30)24(21)25)32(31)15-12-18-6-4-3-5-7-18/h3-7,10,13,16,21-22,24H,8-9,11-12,14-15,17H2,1-2H3/t21?,22?,24?,25-,26-,27-,32?/m0/s1. The number of alkyl halides is 1. The number of halogens is 1. The molecule has 0 bridgehead atoms. The molecule has 0 radical (unpaired) electrons.